The second-order valence-corrected chi connectivity index (χ2v) is 5.42. The molecular formula is C19H18N2O7. The second kappa shape index (κ2) is 9.17. The molecule has 0 heterocycles. The highest BCUT2D eigenvalue weighted by Crippen LogP contribution is 2.33. The van der Waals surface area contributed by atoms with E-state index in [4.69, 9.17) is 14.2 Å². The van der Waals surface area contributed by atoms with Crippen molar-refractivity contribution in [2.24, 2.45) is 0 Å². The Hall–Kier alpha value is -3.88. The number of nitro groups is 1. The minimum Gasteiger partial charge on any atom is -0.493 e. The topological polar surface area (TPSA) is 117 Å². The summed E-state index contributed by atoms with van der Waals surface area (Å²) in [7, 11) is 4.05. The summed E-state index contributed by atoms with van der Waals surface area (Å²) in [6, 6.07) is 8.64. The van der Waals surface area contributed by atoms with Gasteiger partial charge in [-0.1, -0.05) is 12.1 Å². The number of anilines is 1. The third-order valence-corrected chi connectivity index (χ3v) is 3.70. The normalized spacial score (nSPS) is 10.4. The maximum Gasteiger partial charge on any atom is 0.340 e. The SMILES string of the molecule is COC(=O)c1cc(OC)c(OC)cc1NC(=O)/C=C/c1cccc([N+](=O)[O-])c1. The lowest BCUT2D eigenvalue weighted by Crippen LogP contribution is -2.13. The monoisotopic (exact) mass is 386 g/mol. The summed E-state index contributed by atoms with van der Waals surface area (Å²) >= 11 is 0. The van der Waals surface area contributed by atoms with Gasteiger partial charge in [-0.3, -0.25) is 14.9 Å². The van der Waals surface area contributed by atoms with Crippen molar-refractivity contribution in [2.45, 2.75) is 0 Å². The Bertz CT molecular complexity index is 938. The number of nitrogens with one attached hydrogen (secondary N) is 1. The van der Waals surface area contributed by atoms with Crippen molar-refractivity contribution in [3.63, 3.8) is 0 Å². The van der Waals surface area contributed by atoms with Crippen LogP contribution in [0.1, 0.15) is 15.9 Å². The zero-order valence-electron chi connectivity index (χ0n) is 15.4. The van der Waals surface area contributed by atoms with Crippen LogP contribution in [-0.2, 0) is 9.53 Å². The fourth-order valence-electron chi connectivity index (χ4n) is 2.35. The minimum absolute atomic E-state index is 0.0808. The number of hydrogen-bond acceptors (Lipinski definition) is 7. The number of carbonyl (C=O) groups excluding carboxylic acids is 2. The van der Waals surface area contributed by atoms with E-state index in [1.807, 2.05) is 0 Å². The van der Waals surface area contributed by atoms with Crippen LogP contribution in [0.4, 0.5) is 11.4 Å². The van der Waals surface area contributed by atoms with Crippen LogP contribution in [0, 0.1) is 10.1 Å². The molecule has 0 atom stereocenters. The summed E-state index contributed by atoms with van der Waals surface area (Å²) in [6.45, 7) is 0. The lowest BCUT2D eigenvalue weighted by atomic mass is 10.1. The standard InChI is InChI=1S/C19H18N2O7/c1-26-16-10-14(19(23)28-3)15(11-17(16)27-2)20-18(22)8-7-12-5-4-6-13(9-12)21(24)25/h4-11H,1-3H3,(H,20,22)/b8-7+. The maximum absolute atomic E-state index is 12.3. The predicted molar refractivity (Wildman–Crippen MR) is 102 cm³/mol. The number of nitrogens with zero attached hydrogens (tertiary/aromatic N) is 1. The Labute approximate surface area is 160 Å². The molecule has 0 aliphatic heterocycles. The van der Waals surface area contributed by atoms with Gasteiger partial charge < -0.3 is 19.5 Å². The average molecular weight is 386 g/mol. The molecule has 0 fully saturated rings. The van der Waals surface area contributed by atoms with E-state index in [2.05, 4.69) is 5.32 Å². The van der Waals surface area contributed by atoms with E-state index in [9.17, 15) is 19.7 Å². The summed E-state index contributed by atoms with van der Waals surface area (Å²) in [4.78, 5) is 34.6. The van der Waals surface area contributed by atoms with Crippen molar-refractivity contribution in [3.8, 4) is 11.5 Å². The third-order valence-electron chi connectivity index (χ3n) is 3.70. The van der Waals surface area contributed by atoms with Gasteiger partial charge in [0, 0.05) is 30.3 Å². The maximum atomic E-state index is 12.3. The van der Waals surface area contributed by atoms with Gasteiger partial charge in [-0.15, -0.1) is 0 Å². The first kappa shape index (κ1) is 20.4. The molecule has 0 saturated heterocycles. The average Bonchev–Trinajstić information content (AvgIpc) is 2.71. The summed E-state index contributed by atoms with van der Waals surface area (Å²) in [5, 5.41) is 13.4. The molecular weight excluding hydrogens is 368 g/mol. The number of carbonyl (C=O) groups is 2. The van der Waals surface area contributed by atoms with E-state index in [1.165, 1.54) is 63.8 Å². The smallest absolute Gasteiger partial charge is 0.340 e. The lowest BCUT2D eigenvalue weighted by molar-refractivity contribution is -0.384. The van der Waals surface area contributed by atoms with E-state index in [-0.39, 0.29) is 16.9 Å². The molecule has 146 valence electrons. The molecule has 28 heavy (non-hydrogen) atoms. The van der Waals surface area contributed by atoms with Gasteiger partial charge in [0.15, 0.2) is 11.5 Å². The van der Waals surface area contributed by atoms with Crippen molar-refractivity contribution in [2.75, 3.05) is 26.6 Å². The van der Waals surface area contributed by atoms with Gasteiger partial charge in [-0.2, -0.15) is 0 Å². The van der Waals surface area contributed by atoms with Crippen LogP contribution < -0.4 is 14.8 Å². The van der Waals surface area contributed by atoms with Crippen molar-refractivity contribution >= 4 is 29.3 Å². The van der Waals surface area contributed by atoms with Crippen molar-refractivity contribution < 1.29 is 28.7 Å². The Morgan fingerprint density at radius 2 is 1.75 bits per heavy atom. The molecule has 0 aliphatic rings. The van der Waals surface area contributed by atoms with E-state index in [1.54, 1.807) is 6.07 Å². The molecule has 2 aromatic carbocycles. The number of nitro benzene ring substituents is 1. The Morgan fingerprint density at radius 3 is 2.36 bits per heavy atom. The number of hydrogen-bond donors (Lipinski definition) is 1. The highest BCUT2D eigenvalue weighted by molar-refractivity contribution is 6.07. The summed E-state index contributed by atoms with van der Waals surface area (Å²) in [5.41, 5.74) is 0.635. The molecule has 0 aliphatic carbocycles. The van der Waals surface area contributed by atoms with Gasteiger partial charge in [-0.05, 0) is 11.6 Å². The van der Waals surface area contributed by atoms with Crippen LogP contribution in [0.3, 0.4) is 0 Å². The van der Waals surface area contributed by atoms with Crippen molar-refractivity contribution in [1.29, 1.82) is 0 Å². The van der Waals surface area contributed by atoms with Crippen LogP contribution in [0.5, 0.6) is 11.5 Å². The molecule has 1 N–H and O–H groups in total. The van der Waals surface area contributed by atoms with Gasteiger partial charge in [0.05, 0.1) is 37.5 Å². The fraction of sp³-hybridized carbons (Fsp3) is 0.158. The first-order chi connectivity index (χ1) is 13.4. The van der Waals surface area contributed by atoms with Crippen LogP contribution in [0.2, 0.25) is 0 Å². The third kappa shape index (κ3) is 4.85. The minimum atomic E-state index is -0.668. The Balaban J connectivity index is 2.28. The zero-order chi connectivity index (χ0) is 20.7. The van der Waals surface area contributed by atoms with Crippen LogP contribution in [0.25, 0.3) is 6.08 Å². The van der Waals surface area contributed by atoms with Crippen molar-refractivity contribution in [1.82, 2.24) is 0 Å². The quantitative estimate of drug-likeness (QED) is 0.336. The number of benzene rings is 2. The molecule has 9 nitrogen and oxygen atoms in total. The number of non-ortho nitro benzene ring substituents is 1. The van der Waals surface area contributed by atoms with Crippen LogP contribution in [-0.4, -0.2) is 38.1 Å². The van der Waals surface area contributed by atoms with Crippen LogP contribution >= 0.6 is 0 Å². The molecule has 0 aromatic heterocycles. The van der Waals surface area contributed by atoms with Gasteiger partial charge >= 0.3 is 5.97 Å². The second-order valence-electron chi connectivity index (χ2n) is 5.42. The number of methoxy groups -OCH3 is 3. The van der Waals surface area contributed by atoms with E-state index in [0.29, 0.717) is 17.1 Å². The molecule has 0 unspecified atom stereocenters. The van der Waals surface area contributed by atoms with Gasteiger partial charge in [0.1, 0.15) is 0 Å². The van der Waals surface area contributed by atoms with Gasteiger partial charge in [-0.25, -0.2) is 4.79 Å². The number of ether oxygens (including phenoxy) is 3. The Morgan fingerprint density at radius 1 is 1.07 bits per heavy atom. The molecule has 2 rings (SSSR count). The summed E-state index contributed by atoms with van der Waals surface area (Å²) in [5.74, 6) is -0.607. The van der Waals surface area contributed by atoms with E-state index >= 15 is 0 Å². The van der Waals surface area contributed by atoms with Gasteiger partial charge in [0.25, 0.3) is 5.69 Å². The van der Waals surface area contributed by atoms with E-state index in [0.717, 1.165) is 0 Å². The first-order valence-corrected chi connectivity index (χ1v) is 7.97. The molecule has 0 radical (unpaired) electrons. The molecule has 0 bridgehead atoms. The molecule has 1 amide bonds. The van der Waals surface area contributed by atoms with E-state index < -0.39 is 16.8 Å². The summed E-state index contributed by atoms with van der Waals surface area (Å²) in [6.07, 6.45) is 2.61. The van der Waals surface area contributed by atoms with Crippen LogP contribution in [0.15, 0.2) is 42.5 Å². The number of rotatable bonds is 7. The zero-order valence-corrected chi connectivity index (χ0v) is 15.4. The summed E-state index contributed by atoms with van der Waals surface area (Å²) < 4.78 is 15.1. The highest BCUT2D eigenvalue weighted by Gasteiger charge is 2.18. The molecule has 0 spiro atoms. The largest absolute Gasteiger partial charge is 0.493 e. The molecule has 2 aromatic rings. The van der Waals surface area contributed by atoms with Crippen molar-refractivity contribution in [3.05, 3.63) is 63.7 Å². The fourth-order valence-corrected chi connectivity index (χ4v) is 2.35. The van der Waals surface area contributed by atoms with Gasteiger partial charge in [0.2, 0.25) is 5.91 Å². The Kier molecular flexibility index (Phi) is 6.69. The predicted octanol–water partition coefficient (Wildman–Crippen LogP) is 3.05. The first-order valence-electron chi connectivity index (χ1n) is 7.97. The number of amides is 1. The molecule has 9 heteroatoms. The lowest BCUT2D eigenvalue weighted by Gasteiger charge is -2.14. The molecule has 0 saturated carbocycles. The number of esters is 1. The highest BCUT2D eigenvalue weighted by atomic mass is 16.6.